The topological polar surface area (TPSA) is 111 Å². The lowest BCUT2D eigenvalue weighted by atomic mass is 10.3. The highest BCUT2D eigenvalue weighted by molar-refractivity contribution is 7.89. The first-order chi connectivity index (χ1) is 12.2. The largest absolute Gasteiger partial charge is 0.453 e. The molecule has 1 rings (SSSR count). The molecule has 11 heteroatoms. The zero-order chi connectivity index (χ0) is 19.7. The molecule has 2 N–H and O–H groups in total. The lowest BCUT2D eigenvalue weighted by Gasteiger charge is -2.13. The molecule has 0 aliphatic carbocycles. The van der Waals surface area contributed by atoms with E-state index in [0.29, 0.717) is 6.61 Å². The lowest BCUT2D eigenvalue weighted by Crippen LogP contribution is -2.38. The molecule has 0 aliphatic heterocycles. The predicted octanol–water partition coefficient (Wildman–Crippen LogP) is 0.842. The third kappa shape index (κ3) is 7.24. The van der Waals surface area contributed by atoms with Crippen molar-refractivity contribution in [3.8, 4) is 0 Å². The molecule has 0 unspecified atom stereocenters. The van der Waals surface area contributed by atoms with Crippen LogP contribution in [0.1, 0.15) is 13.3 Å². The Morgan fingerprint density at radius 3 is 2.62 bits per heavy atom. The van der Waals surface area contributed by atoms with Crippen LogP contribution >= 0.6 is 11.6 Å². The van der Waals surface area contributed by atoms with Gasteiger partial charge in [0.15, 0.2) is 6.10 Å². The van der Waals surface area contributed by atoms with E-state index in [9.17, 15) is 22.4 Å². The van der Waals surface area contributed by atoms with E-state index in [1.165, 1.54) is 14.0 Å². The van der Waals surface area contributed by atoms with Crippen molar-refractivity contribution in [1.82, 2.24) is 10.0 Å². The molecule has 8 nitrogen and oxygen atoms in total. The zero-order valence-electron chi connectivity index (χ0n) is 14.3. The molecular formula is C15H20ClFN2O6S. The second kappa shape index (κ2) is 10.4. The third-order valence-electron chi connectivity index (χ3n) is 3.11. The van der Waals surface area contributed by atoms with Gasteiger partial charge >= 0.3 is 5.97 Å². The monoisotopic (exact) mass is 410 g/mol. The molecule has 0 fully saturated rings. The SMILES string of the molecule is COCCNC(=O)[C@H](C)OC(=O)CCNS(=O)(=O)c1ccc(F)c(Cl)c1. The van der Waals surface area contributed by atoms with Crippen LogP contribution in [-0.2, 0) is 29.1 Å². The first-order valence-electron chi connectivity index (χ1n) is 7.58. The Kier molecular flexibility index (Phi) is 8.93. The third-order valence-corrected chi connectivity index (χ3v) is 4.85. The number of hydrogen-bond acceptors (Lipinski definition) is 6. The number of esters is 1. The Morgan fingerprint density at radius 1 is 1.31 bits per heavy atom. The van der Waals surface area contributed by atoms with Gasteiger partial charge in [0.2, 0.25) is 10.0 Å². The summed E-state index contributed by atoms with van der Waals surface area (Å²) in [4.78, 5) is 23.1. The number of ether oxygens (including phenoxy) is 2. The van der Waals surface area contributed by atoms with Crippen molar-refractivity contribution < 1.29 is 31.9 Å². The highest BCUT2D eigenvalue weighted by atomic mass is 35.5. The summed E-state index contributed by atoms with van der Waals surface area (Å²) < 4.78 is 49.0. The number of amides is 1. The minimum atomic E-state index is -3.96. The number of sulfonamides is 1. The first kappa shape index (κ1) is 22.3. The normalized spacial score (nSPS) is 12.5. The van der Waals surface area contributed by atoms with Crippen LogP contribution in [0.25, 0.3) is 0 Å². The maximum Gasteiger partial charge on any atom is 0.307 e. The molecule has 26 heavy (non-hydrogen) atoms. The molecule has 0 saturated carbocycles. The predicted molar refractivity (Wildman–Crippen MR) is 91.7 cm³/mol. The van der Waals surface area contributed by atoms with Gasteiger partial charge in [0.1, 0.15) is 5.82 Å². The molecule has 0 radical (unpaired) electrons. The van der Waals surface area contributed by atoms with E-state index in [-0.39, 0.29) is 29.4 Å². The van der Waals surface area contributed by atoms with Gasteiger partial charge in [-0.1, -0.05) is 11.6 Å². The summed E-state index contributed by atoms with van der Waals surface area (Å²) in [5.41, 5.74) is 0. The molecule has 0 aromatic heterocycles. The molecule has 0 aliphatic rings. The van der Waals surface area contributed by atoms with Crippen LogP contribution in [0.3, 0.4) is 0 Å². The van der Waals surface area contributed by atoms with Crippen molar-refractivity contribution in [2.75, 3.05) is 26.8 Å². The van der Waals surface area contributed by atoms with Crippen LogP contribution in [0.2, 0.25) is 5.02 Å². The number of methoxy groups -OCH3 is 1. The van der Waals surface area contributed by atoms with Gasteiger partial charge in [-0.05, 0) is 25.1 Å². The molecule has 0 saturated heterocycles. The molecule has 1 aromatic rings. The highest BCUT2D eigenvalue weighted by Crippen LogP contribution is 2.19. The van der Waals surface area contributed by atoms with E-state index in [0.717, 1.165) is 18.2 Å². The number of rotatable bonds is 10. The summed E-state index contributed by atoms with van der Waals surface area (Å²) >= 11 is 5.55. The lowest BCUT2D eigenvalue weighted by molar-refractivity contribution is -0.154. The molecular weight excluding hydrogens is 391 g/mol. The summed E-state index contributed by atoms with van der Waals surface area (Å²) in [7, 11) is -2.47. The van der Waals surface area contributed by atoms with Gasteiger partial charge in [-0.25, -0.2) is 17.5 Å². The van der Waals surface area contributed by atoms with Crippen LogP contribution in [0.5, 0.6) is 0 Å². The maximum absolute atomic E-state index is 13.1. The molecule has 1 atom stereocenters. The fraction of sp³-hybridized carbons (Fsp3) is 0.467. The number of halogens is 2. The van der Waals surface area contributed by atoms with E-state index < -0.39 is 33.8 Å². The Bertz CT molecular complexity index is 744. The first-order valence-corrected chi connectivity index (χ1v) is 9.44. The maximum atomic E-state index is 13.1. The van der Waals surface area contributed by atoms with Gasteiger partial charge in [-0.15, -0.1) is 0 Å². The quantitative estimate of drug-likeness (QED) is 0.437. The fourth-order valence-electron chi connectivity index (χ4n) is 1.74. The Hall–Kier alpha value is -1.75. The Morgan fingerprint density at radius 2 is 2.00 bits per heavy atom. The van der Waals surface area contributed by atoms with E-state index >= 15 is 0 Å². The average Bonchev–Trinajstić information content (AvgIpc) is 2.57. The summed E-state index contributed by atoms with van der Waals surface area (Å²) in [6.45, 7) is 1.73. The van der Waals surface area contributed by atoms with Crippen molar-refractivity contribution in [3.05, 3.63) is 29.0 Å². The van der Waals surface area contributed by atoms with E-state index in [1.807, 2.05) is 0 Å². The zero-order valence-corrected chi connectivity index (χ0v) is 15.8. The van der Waals surface area contributed by atoms with Crippen molar-refractivity contribution in [1.29, 1.82) is 0 Å². The molecule has 0 heterocycles. The summed E-state index contributed by atoms with van der Waals surface area (Å²) in [6.07, 6.45) is -1.31. The summed E-state index contributed by atoms with van der Waals surface area (Å²) in [6, 6.07) is 2.94. The van der Waals surface area contributed by atoms with Crippen LogP contribution < -0.4 is 10.0 Å². The van der Waals surface area contributed by atoms with Gasteiger partial charge in [-0.3, -0.25) is 9.59 Å². The molecule has 0 spiro atoms. The second-order valence-corrected chi connectivity index (χ2v) is 7.31. The highest BCUT2D eigenvalue weighted by Gasteiger charge is 2.19. The number of nitrogens with one attached hydrogen (secondary N) is 2. The van der Waals surface area contributed by atoms with Gasteiger partial charge in [0.25, 0.3) is 5.91 Å². The summed E-state index contributed by atoms with van der Waals surface area (Å²) in [5, 5.41) is 2.17. The Labute approximate surface area is 156 Å². The number of hydrogen-bond donors (Lipinski definition) is 2. The Balaban J connectivity index is 2.45. The van der Waals surface area contributed by atoms with Crippen molar-refractivity contribution in [3.63, 3.8) is 0 Å². The van der Waals surface area contributed by atoms with Crippen LogP contribution in [0.15, 0.2) is 23.1 Å². The standard InChI is InChI=1S/C15H20ClFN2O6S/c1-10(15(21)18-7-8-24-2)25-14(20)5-6-19-26(22,23)11-3-4-13(17)12(16)9-11/h3-4,9-10,19H,5-8H2,1-2H3,(H,18,21)/t10-/m0/s1. The van der Waals surface area contributed by atoms with Gasteiger partial charge in [0.05, 0.1) is 22.9 Å². The minimum absolute atomic E-state index is 0.233. The van der Waals surface area contributed by atoms with E-state index in [2.05, 4.69) is 10.0 Å². The van der Waals surface area contributed by atoms with Gasteiger partial charge in [-0.2, -0.15) is 0 Å². The number of carbonyl (C=O) groups excluding carboxylic acids is 2. The molecule has 146 valence electrons. The fourth-order valence-corrected chi connectivity index (χ4v) is 3.05. The number of carbonyl (C=O) groups is 2. The van der Waals surface area contributed by atoms with Gasteiger partial charge < -0.3 is 14.8 Å². The number of benzene rings is 1. The van der Waals surface area contributed by atoms with E-state index in [1.54, 1.807) is 0 Å². The van der Waals surface area contributed by atoms with Crippen LogP contribution in [0.4, 0.5) is 4.39 Å². The summed E-state index contributed by atoms with van der Waals surface area (Å²) in [5.74, 6) is -1.98. The smallest absolute Gasteiger partial charge is 0.307 e. The van der Waals surface area contributed by atoms with Crippen molar-refractivity contribution >= 4 is 33.5 Å². The second-order valence-electron chi connectivity index (χ2n) is 5.14. The van der Waals surface area contributed by atoms with Crippen molar-refractivity contribution in [2.45, 2.75) is 24.3 Å². The van der Waals surface area contributed by atoms with Crippen molar-refractivity contribution in [2.24, 2.45) is 0 Å². The average molecular weight is 411 g/mol. The molecule has 1 amide bonds. The molecule has 1 aromatic carbocycles. The minimum Gasteiger partial charge on any atom is -0.453 e. The van der Waals surface area contributed by atoms with Crippen LogP contribution in [0, 0.1) is 5.82 Å². The molecule has 0 bridgehead atoms. The van der Waals surface area contributed by atoms with Gasteiger partial charge in [0, 0.05) is 20.2 Å². The van der Waals surface area contributed by atoms with E-state index in [4.69, 9.17) is 21.1 Å². The van der Waals surface area contributed by atoms with Crippen LogP contribution in [-0.4, -0.2) is 53.2 Å².